The van der Waals surface area contributed by atoms with Crippen LogP contribution in [0.15, 0.2) is 70.2 Å². The normalized spacial score (nSPS) is 11.1. The molecule has 2 heterocycles. The number of benzene rings is 2. The van der Waals surface area contributed by atoms with Crippen molar-refractivity contribution in [2.45, 2.75) is 0 Å². The van der Waals surface area contributed by atoms with E-state index in [1.807, 2.05) is 30.3 Å². The molecule has 2 aromatic carbocycles. The van der Waals surface area contributed by atoms with Gasteiger partial charge in [0.25, 0.3) is 11.6 Å². The van der Waals surface area contributed by atoms with Gasteiger partial charge in [0.2, 0.25) is 0 Å². The first-order valence-electron chi connectivity index (χ1n) is 9.34. The van der Waals surface area contributed by atoms with E-state index in [9.17, 15) is 14.9 Å². The molecule has 0 saturated heterocycles. The third-order valence-electron chi connectivity index (χ3n) is 4.23. The Balaban J connectivity index is 1.33. The molecule has 0 radical (unpaired) electrons. The molecule has 0 bridgehead atoms. The van der Waals surface area contributed by atoms with Crippen LogP contribution in [-0.2, 0) is 4.79 Å². The summed E-state index contributed by atoms with van der Waals surface area (Å²) in [6.07, 6.45) is 1.33. The molecule has 13 heteroatoms. The number of tetrazole rings is 1. The van der Waals surface area contributed by atoms with Gasteiger partial charge in [-0.05, 0) is 40.6 Å². The number of rotatable bonds is 8. The number of carbonyl (C=O) groups excluding carboxylic acids is 1. The Labute approximate surface area is 195 Å². The van der Waals surface area contributed by atoms with Gasteiger partial charge in [-0.2, -0.15) is 9.19 Å². The number of hydrogen-bond donors (Lipinski definition) is 1. The minimum Gasteiger partial charge on any atom is -0.455 e. The molecule has 4 rings (SSSR count). The highest BCUT2D eigenvalue weighted by atomic mass is 35.5. The van der Waals surface area contributed by atoms with Crippen molar-refractivity contribution in [3.05, 3.63) is 81.6 Å². The lowest BCUT2D eigenvalue weighted by molar-refractivity contribution is -0.384. The third-order valence-corrected chi connectivity index (χ3v) is 5.42. The number of non-ortho nitro benzene ring substituents is 1. The van der Waals surface area contributed by atoms with E-state index < -0.39 is 4.92 Å². The van der Waals surface area contributed by atoms with E-state index in [0.717, 1.165) is 17.5 Å². The van der Waals surface area contributed by atoms with E-state index in [2.05, 4.69) is 26.1 Å². The van der Waals surface area contributed by atoms with Gasteiger partial charge in [0.1, 0.15) is 11.5 Å². The van der Waals surface area contributed by atoms with Crippen molar-refractivity contribution in [3.8, 4) is 22.7 Å². The quantitative estimate of drug-likeness (QED) is 0.226. The van der Waals surface area contributed by atoms with Crippen molar-refractivity contribution < 1.29 is 14.1 Å². The monoisotopic (exact) mass is 483 g/mol. The van der Waals surface area contributed by atoms with Gasteiger partial charge in [-0.3, -0.25) is 14.9 Å². The van der Waals surface area contributed by atoms with E-state index in [4.69, 9.17) is 16.0 Å². The van der Waals surface area contributed by atoms with Crippen LogP contribution in [0.1, 0.15) is 5.76 Å². The van der Waals surface area contributed by atoms with Crippen LogP contribution in [0.4, 0.5) is 5.69 Å². The zero-order chi connectivity index (χ0) is 23.2. The maximum atomic E-state index is 12.1. The van der Waals surface area contributed by atoms with Gasteiger partial charge in [0.15, 0.2) is 5.82 Å². The molecule has 0 saturated carbocycles. The maximum Gasteiger partial charge on any atom is 0.270 e. The minimum atomic E-state index is -0.529. The van der Waals surface area contributed by atoms with Gasteiger partial charge in [0, 0.05) is 23.3 Å². The van der Waals surface area contributed by atoms with Crippen LogP contribution in [-0.4, -0.2) is 42.4 Å². The number of nitrogens with zero attached hydrogens (tertiary/aromatic N) is 6. The van der Waals surface area contributed by atoms with Crippen molar-refractivity contribution >= 4 is 41.4 Å². The summed E-state index contributed by atoms with van der Waals surface area (Å²) >= 11 is 7.23. The summed E-state index contributed by atoms with van der Waals surface area (Å²) in [6, 6.07) is 16.7. The smallest absolute Gasteiger partial charge is 0.270 e. The molecule has 0 atom stereocenters. The number of halogens is 1. The number of nitrogens with one attached hydrogen (secondary N) is 1. The summed E-state index contributed by atoms with van der Waals surface area (Å²) in [5, 5.41) is 26.4. The highest BCUT2D eigenvalue weighted by Gasteiger charge is 2.14. The number of hydrazone groups is 1. The topological polar surface area (TPSA) is 141 Å². The summed E-state index contributed by atoms with van der Waals surface area (Å²) in [7, 11) is 0. The Kier molecular flexibility index (Phi) is 6.76. The summed E-state index contributed by atoms with van der Waals surface area (Å²) in [4.78, 5) is 22.4. The fourth-order valence-electron chi connectivity index (χ4n) is 2.73. The Morgan fingerprint density at radius 2 is 2.06 bits per heavy atom. The number of nitro groups is 1. The Morgan fingerprint density at radius 3 is 2.82 bits per heavy atom. The van der Waals surface area contributed by atoms with Crippen molar-refractivity contribution in [1.29, 1.82) is 0 Å². The van der Waals surface area contributed by atoms with E-state index >= 15 is 0 Å². The van der Waals surface area contributed by atoms with Crippen LogP contribution in [0, 0.1) is 10.1 Å². The molecule has 0 aliphatic heterocycles. The SMILES string of the molecule is O=C(CSn1nnnc1-c1ccccc1)NN=Cc1ccc(-c2ccc([N+](=O)[O-])cc2Cl)o1. The van der Waals surface area contributed by atoms with Gasteiger partial charge in [0.05, 0.1) is 21.9 Å². The summed E-state index contributed by atoms with van der Waals surface area (Å²) in [5.41, 5.74) is 3.61. The molecule has 11 nitrogen and oxygen atoms in total. The molecular formula is C20H14ClN7O4S. The lowest BCUT2D eigenvalue weighted by Crippen LogP contribution is -2.20. The number of aromatic nitrogens is 4. The van der Waals surface area contributed by atoms with E-state index in [1.54, 1.807) is 12.1 Å². The molecule has 1 N–H and O–H groups in total. The summed E-state index contributed by atoms with van der Waals surface area (Å²) in [6.45, 7) is 0. The first kappa shape index (κ1) is 22.2. The number of furan rings is 1. The maximum absolute atomic E-state index is 12.1. The number of amides is 1. The molecular weight excluding hydrogens is 470 g/mol. The zero-order valence-electron chi connectivity index (χ0n) is 16.7. The van der Waals surface area contributed by atoms with Crippen LogP contribution in [0.25, 0.3) is 22.7 Å². The Morgan fingerprint density at radius 1 is 1.24 bits per heavy atom. The average Bonchev–Trinajstić information content (AvgIpc) is 3.48. The van der Waals surface area contributed by atoms with E-state index in [0.29, 0.717) is 22.9 Å². The lowest BCUT2D eigenvalue weighted by atomic mass is 10.1. The molecule has 2 aromatic heterocycles. The standard InChI is InChI=1S/C20H14ClN7O4S/c21-17-10-14(28(30)31)6-8-16(17)18-9-7-15(32-18)11-22-23-19(29)12-33-27-20(24-25-26-27)13-4-2-1-3-5-13/h1-11H,12H2,(H,23,29). The number of hydrogen-bond acceptors (Lipinski definition) is 9. The van der Waals surface area contributed by atoms with Crippen LogP contribution in [0.3, 0.4) is 0 Å². The van der Waals surface area contributed by atoms with Crippen LogP contribution >= 0.6 is 23.5 Å². The molecule has 4 aromatic rings. The first-order valence-corrected chi connectivity index (χ1v) is 10.7. The molecule has 0 aliphatic carbocycles. The molecule has 166 valence electrons. The fourth-order valence-corrected chi connectivity index (χ4v) is 3.65. The minimum absolute atomic E-state index is 0.0318. The fraction of sp³-hybridized carbons (Fsp3) is 0.0500. The van der Waals surface area contributed by atoms with Crippen molar-refractivity contribution in [2.75, 3.05) is 5.75 Å². The van der Waals surface area contributed by atoms with Gasteiger partial charge < -0.3 is 4.42 Å². The molecule has 1 amide bonds. The van der Waals surface area contributed by atoms with E-state index in [1.165, 1.54) is 28.5 Å². The molecule has 0 spiro atoms. The van der Waals surface area contributed by atoms with Gasteiger partial charge in [-0.25, -0.2) is 5.43 Å². The predicted molar refractivity (Wildman–Crippen MR) is 123 cm³/mol. The molecule has 0 fully saturated rings. The van der Waals surface area contributed by atoms with Crippen molar-refractivity contribution in [2.24, 2.45) is 5.10 Å². The van der Waals surface area contributed by atoms with Gasteiger partial charge in [-0.15, -0.1) is 5.10 Å². The van der Waals surface area contributed by atoms with Gasteiger partial charge in [-0.1, -0.05) is 41.9 Å². The van der Waals surface area contributed by atoms with Crippen LogP contribution in [0.5, 0.6) is 0 Å². The third kappa shape index (κ3) is 5.42. The largest absolute Gasteiger partial charge is 0.455 e. The summed E-state index contributed by atoms with van der Waals surface area (Å²) < 4.78 is 7.09. The highest BCUT2D eigenvalue weighted by Crippen LogP contribution is 2.32. The van der Waals surface area contributed by atoms with Crippen molar-refractivity contribution in [3.63, 3.8) is 0 Å². The number of carbonyl (C=O) groups is 1. The van der Waals surface area contributed by atoms with Crippen LogP contribution in [0.2, 0.25) is 5.02 Å². The second-order valence-electron chi connectivity index (χ2n) is 6.43. The Bertz CT molecular complexity index is 1320. The summed E-state index contributed by atoms with van der Waals surface area (Å²) in [5.74, 6) is 0.967. The average molecular weight is 484 g/mol. The Hall–Kier alpha value is -4.03. The second-order valence-corrected chi connectivity index (χ2v) is 7.73. The molecule has 0 aliphatic rings. The van der Waals surface area contributed by atoms with Gasteiger partial charge >= 0.3 is 0 Å². The zero-order valence-corrected chi connectivity index (χ0v) is 18.2. The first-order chi connectivity index (χ1) is 16.0. The van der Waals surface area contributed by atoms with Crippen molar-refractivity contribution in [1.82, 2.24) is 25.0 Å². The van der Waals surface area contributed by atoms with Crippen LogP contribution < -0.4 is 5.43 Å². The lowest BCUT2D eigenvalue weighted by Gasteiger charge is -2.03. The molecule has 33 heavy (non-hydrogen) atoms. The molecule has 0 unspecified atom stereocenters. The highest BCUT2D eigenvalue weighted by molar-refractivity contribution is 7.98. The number of nitro benzene ring substituents is 1. The van der Waals surface area contributed by atoms with E-state index in [-0.39, 0.29) is 22.4 Å². The predicted octanol–water partition coefficient (Wildman–Crippen LogP) is 3.81. The second kappa shape index (κ2) is 10.1.